The summed E-state index contributed by atoms with van der Waals surface area (Å²) in [7, 11) is 3.43. The molecule has 0 saturated heterocycles. The fourth-order valence-corrected chi connectivity index (χ4v) is 3.62. The molecule has 154 valence electrons. The summed E-state index contributed by atoms with van der Waals surface area (Å²) in [6.07, 6.45) is 3.22. The van der Waals surface area contributed by atoms with Crippen molar-refractivity contribution >= 4 is 23.0 Å². The number of anilines is 3. The molecule has 6 nitrogen and oxygen atoms in total. The van der Waals surface area contributed by atoms with Gasteiger partial charge in [0.1, 0.15) is 5.75 Å². The van der Waals surface area contributed by atoms with Crippen molar-refractivity contribution in [2.75, 3.05) is 37.5 Å². The average Bonchev–Trinajstić information content (AvgIpc) is 3.19. The van der Waals surface area contributed by atoms with E-state index in [1.165, 1.54) is 12.7 Å². The largest absolute Gasteiger partial charge is 0.493 e. The number of benzene rings is 2. The van der Waals surface area contributed by atoms with E-state index >= 15 is 0 Å². The number of ether oxygens (including phenoxy) is 2. The van der Waals surface area contributed by atoms with E-state index in [1.54, 1.807) is 18.5 Å². The molecule has 0 radical (unpaired) electrons. The quantitative estimate of drug-likeness (QED) is 0.610. The van der Waals surface area contributed by atoms with Crippen molar-refractivity contribution in [3.8, 4) is 5.75 Å². The van der Waals surface area contributed by atoms with Crippen LogP contribution in [0.15, 0.2) is 60.9 Å². The van der Waals surface area contributed by atoms with Crippen molar-refractivity contribution < 1.29 is 14.3 Å². The fraction of sp³-hybridized carbons (Fsp3) is 0.250. The van der Waals surface area contributed by atoms with Crippen LogP contribution in [0.4, 0.5) is 17.1 Å². The van der Waals surface area contributed by atoms with Crippen molar-refractivity contribution in [2.45, 2.75) is 12.8 Å². The van der Waals surface area contributed by atoms with Crippen molar-refractivity contribution in [1.29, 1.82) is 0 Å². The van der Waals surface area contributed by atoms with Crippen LogP contribution in [0.25, 0.3) is 0 Å². The van der Waals surface area contributed by atoms with Crippen LogP contribution in [0.5, 0.6) is 5.75 Å². The third-order valence-corrected chi connectivity index (χ3v) is 5.45. The SMILES string of the molecule is COC(=O)c1ccncc1NC[C@@H]1COc2cc(N(C)c3ccc(C)cc3)ccc21. The van der Waals surface area contributed by atoms with Gasteiger partial charge in [0.2, 0.25) is 0 Å². The molecule has 0 bridgehead atoms. The van der Waals surface area contributed by atoms with Gasteiger partial charge in [-0.2, -0.15) is 0 Å². The number of esters is 1. The number of rotatable bonds is 6. The lowest BCUT2D eigenvalue weighted by molar-refractivity contribution is 0.0601. The maximum atomic E-state index is 11.9. The Labute approximate surface area is 176 Å². The molecule has 1 aromatic heterocycles. The molecule has 1 N–H and O–H groups in total. The summed E-state index contributed by atoms with van der Waals surface area (Å²) in [5.41, 5.74) is 5.74. The zero-order valence-electron chi connectivity index (χ0n) is 17.4. The smallest absolute Gasteiger partial charge is 0.340 e. The lowest BCUT2D eigenvalue weighted by atomic mass is 10.0. The first kappa shape index (κ1) is 19.8. The second kappa shape index (κ2) is 8.45. The summed E-state index contributed by atoms with van der Waals surface area (Å²) in [5, 5.41) is 3.33. The van der Waals surface area contributed by atoms with Gasteiger partial charge in [-0.3, -0.25) is 4.98 Å². The summed E-state index contributed by atoms with van der Waals surface area (Å²) in [6.45, 7) is 3.31. The highest BCUT2D eigenvalue weighted by atomic mass is 16.5. The van der Waals surface area contributed by atoms with E-state index in [9.17, 15) is 4.79 Å². The molecule has 1 aliphatic heterocycles. The number of pyridine rings is 1. The van der Waals surface area contributed by atoms with Crippen LogP contribution in [-0.4, -0.2) is 38.3 Å². The van der Waals surface area contributed by atoms with Crippen molar-refractivity contribution in [1.82, 2.24) is 4.98 Å². The van der Waals surface area contributed by atoms with Crippen LogP contribution in [0.1, 0.15) is 27.4 Å². The van der Waals surface area contributed by atoms with Crippen LogP contribution in [0.2, 0.25) is 0 Å². The lowest BCUT2D eigenvalue weighted by Crippen LogP contribution is -2.16. The number of fused-ring (bicyclic) bond motifs is 1. The van der Waals surface area contributed by atoms with Gasteiger partial charge in [0.05, 0.1) is 31.2 Å². The summed E-state index contributed by atoms with van der Waals surface area (Å²) >= 11 is 0. The van der Waals surface area contributed by atoms with Crippen LogP contribution in [0.3, 0.4) is 0 Å². The lowest BCUT2D eigenvalue weighted by Gasteiger charge is -2.20. The van der Waals surface area contributed by atoms with E-state index in [0.29, 0.717) is 24.4 Å². The number of nitrogens with zero attached hydrogens (tertiary/aromatic N) is 2. The topological polar surface area (TPSA) is 63.7 Å². The molecular weight excluding hydrogens is 378 g/mol. The molecule has 6 heteroatoms. The molecule has 30 heavy (non-hydrogen) atoms. The van der Waals surface area contributed by atoms with E-state index in [2.05, 4.69) is 71.6 Å². The minimum Gasteiger partial charge on any atom is -0.493 e. The van der Waals surface area contributed by atoms with Gasteiger partial charge < -0.3 is 19.7 Å². The number of carbonyl (C=O) groups is 1. The maximum Gasteiger partial charge on any atom is 0.340 e. The molecule has 4 rings (SSSR count). The fourth-order valence-electron chi connectivity index (χ4n) is 3.62. The highest BCUT2D eigenvalue weighted by molar-refractivity contribution is 5.95. The van der Waals surface area contributed by atoms with E-state index in [0.717, 1.165) is 22.7 Å². The predicted molar refractivity (Wildman–Crippen MR) is 118 cm³/mol. The molecule has 3 aromatic rings. The average molecular weight is 403 g/mol. The molecule has 1 atom stereocenters. The van der Waals surface area contributed by atoms with E-state index in [4.69, 9.17) is 9.47 Å². The monoisotopic (exact) mass is 403 g/mol. The minimum absolute atomic E-state index is 0.185. The first-order valence-electron chi connectivity index (χ1n) is 9.90. The predicted octanol–water partition coefficient (Wildman–Crippen LogP) is 4.53. The number of aryl methyl sites for hydroxylation is 1. The number of methoxy groups -OCH3 is 1. The number of hydrogen-bond donors (Lipinski definition) is 1. The molecule has 2 aromatic carbocycles. The molecule has 2 heterocycles. The zero-order chi connectivity index (χ0) is 21.1. The van der Waals surface area contributed by atoms with Gasteiger partial charge >= 0.3 is 5.97 Å². The summed E-state index contributed by atoms with van der Waals surface area (Å²) in [6, 6.07) is 16.4. The Morgan fingerprint density at radius 3 is 2.73 bits per heavy atom. The van der Waals surface area contributed by atoms with Gasteiger partial charge in [-0.05, 0) is 31.2 Å². The standard InChI is InChI=1S/C24H25N3O3/c1-16-4-6-18(7-5-16)27(2)19-8-9-20-17(15-30-23(20)12-19)13-26-22-14-25-11-10-21(22)24(28)29-3/h4-12,14,17,26H,13,15H2,1-3H3/t17-/m1/s1. The zero-order valence-corrected chi connectivity index (χ0v) is 17.4. The summed E-state index contributed by atoms with van der Waals surface area (Å²) in [5.74, 6) is 0.703. The summed E-state index contributed by atoms with van der Waals surface area (Å²) in [4.78, 5) is 18.2. The Morgan fingerprint density at radius 2 is 1.97 bits per heavy atom. The first-order chi connectivity index (χ1) is 14.6. The number of carbonyl (C=O) groups excluding carboxylic acids is 1. The Balaban J connectivity index is 1.48. The van der Waals surface area contributed by atoms with Crippen molar-refractivity contribution in [3.05, 3.63) is 77.6 Å². The van der Waals surface area contributed by atoms with Crippen LogP contribution in [0, 0.1) is 6.92 Å². The van der Waals surface area contributed by atoms with Gasteiger partial charge in [0.25, 0.3) is 0 Å². The van der Waals surface area contributed by atoms with Crippen LogP contribution in [-0.2, 0) is 4.74 Å². The second-order valence-corrected chi connectivity index (χ2v) is 7.42. The Kier molecular flexibility index (Phi) is 5.57. The first-order valence-corrected chi connectivity index (χ1v) is 9.90. The molecule has 0 amide bonds. The van der Waals surface area contributed by atoms with Gasteiger partial charge in [-0.25, -0.2) is 4.79 Å². The van der Waals surface area contributed by atoms with Gasteiger partial charge in [0, 0.05) is 48.7 Å². The Hall–Kier alpha value is -3.54. The molecule has 0 saturated carbocycles. The third-order valence-electron chi connectivity index (χ3n) is 5.45. The van der Waals surface area contributed by atoms with Crippen LogP contribution >= 0.6 is 0 Å². The normalized spacial score (nSPS) is 14.6. The van der Waals surface area contributed by atoms with E-state index < -0.39 is 0 Å². The Morgan fingerprint density at radius 1 is 1.20 bits per heavy atom. The highest BCUT2D eigenvalue weighted by Crippen LogP contribution is 2.38. The van der Waals surface area contributed by atoms with E-state index in [1.807, 2.05) is 0 Å². The molecule has 0 aliphatic carbocycles. The molecule has 0 fully saturated rings. The highest BCUT2D eigenvalue weighted by Gasteiger charge is 2.25. The molecule has 0 spiro atoms. The Bertz CT molecular complexity index is 1050. The van der Waals surface area contributed by atoms with Gasteiger partial charge in [-0.15, -0.1) is 0 Å². The molecule has 1 aliphatic rings. The minimum atomic E-state index is -0.383. The summed E-state index contributed by atoms with van der Waals surface area (Å²) < 4.78 is 10.8. The van der Waals surface area contributed by atoms with Crippen LogP contribution < -0.4 is 15.0 Å². The van der Waals surface area contributed by atoms with E-state index in [-0.39, 0.29) is 11.9 Å². The maximum absolute atomic E-state index is 11.9. The molecule has 0 unspecified atom stereocenters. The van der Waals surface area contributed by atoms with Crippen molar-refractivity contribution in [3.63, 3.8) is 0 Å². The van der Waals surface area contributed by atoms with Crippen molar-refractivity contribution in [2.24, 2.45) is 0 Å². The number of aromatic nitrogens is 1. The number of nitrogens with one attached hydrogen (secondary N) is 1. The molecular formula is C24H25N3O3. The second-order valence-electron chi connectivity index (χ2n) is 7.42. The van der Waals surface area contributed by atoms with Gasteiger partial charge in [-0.1, -0.05) is 23.8 Å². The third kappa shape index (κ3) is 3.94. The number of hydrogen-bond acceptors (Lipinski definition) is 6. The van der Waals surface area contributed by atoms with Gasteiger partial charge in [0.15, 0.2) is 0 Å².